The van der Waals surface area contributed by atoms with E-state index in [0.717, 1.165) is 38.9 Å². The molecule has 4 rings (SSSR count). The second-order valence-corrected chi connectivity index (χ2v) is 6.21. The Balaban J connectivity index is 1.74. The Morgan fingerprint density at radius 3 is 2.68 bits per heavy atom. The number of allylic oxidation sites excluding steroid dienone is 1. The highest BCUT2D eigenvalue weighted by Crippen LogP contribution is 2.51. The van der Waals surface area contributed by atoms with E-state index in [-0.39, 0.29) is 11.2 Å². The van der Waals surface area contributed by atoms with Gasteiger partial charge in [-0.1, -0.05) is 42.8 Å². The summed E-state index contributed by atoms with van der Waals surface area (Å²) in [5, 5.41) is 0. The van der Waals surface area contributed by atoms with Crippen molar-refractivity contribution in [3.05, 3.63) is 47.0 Å². The molecule has 2 heteroatoms. The topological polar surface area (TPSA) is 18.5 Å². The van der Waals surface area contributed by atoms with Crippen LogP contribution in [0.3, 0.4) is 0 Å². The molecular weight excluding hydrogens is 236 g/mol. The number of hydrogen-bond acceptors (Lipinski definition) is 2. The third kappa shape index (κ3) is 1.63. The molecule has 1 aromatic rings. The lowest BCUT2D eigenvalue weighted by molar-refractivity contribution is -0.172. The van der Waals surface area contributed by atoms with Gasteiger partial charge in [0.25, 0.3) is 0 Å². The summed E-state index contributed by atoms with van der Waals surface area (Å²) >= 11 is 0. The van der Waals surface area contributed by atoms with Crippen molar-refractivity contribution < 1.29 is 9.47 Å². The summed E-state index contributed by atoms with van der Waals surface area (Å²) in [5.74, 6) is -0.308. The summed E-state index contributed by atoms with van der Waals surface area (Å²) in [6, 6.07) is 8.88. The molecule has 1 saturated carbocycles. The van der Waals surface area contributed by atoms with Crippen molar-refractivity contribution in [2.45, 2.75) is 43.8 Å². The average molecular weight is 256 g/mol. The van der Waals surface area contributed by atoms with Crippen LogP contribution in [-0.4, -0.2) is 19.0 Å². The average Bonchev–Trinajstić information content (AvgIpc) is 2.89. The molecule has 1 heterocycles. The van der Waals surface area contributed by atoms with Crippen LogP contribution in [0.25, 0.3) is 0 Å². The van der Waals surface area contributed by atoms with Gasteiger partial charge in [-0.3, -0.25) is 0 Å². The van der Waals surface area contributed by atoms with Gasteiger partial charge < -0.3 is 9.47 Å². The number of fused-ring (bicyclic) bond motifs is 3. The van der Waals surface area contributed by atoms with Gasteiger partial charge in [-0.25, -0.2) is 0 Å². The lowest BCUT2D eigenvalue weighted by Gasteiger charge is -2.46. The molecule has 2 nitrogen and oxygen atoms in total. The molecule has 1 unspecified atom stereocenters. The van der Waals surface area contributed by atoms with E-state index in [9.17, 15) is 0 Å². The number of ether oxygens (including phenoxy) is 2. The Bertz CT molecular complexity index is 540. The van der Waals surface area contributed by atoms with E-state index < -0.39 is 0 Å². The van der Waals surface area contributed by atoms with Gasteiger partial charge >= 0.3 is 0 Å². The Labute approximate surface area is 114 Å². The van der Waals surface area contributed by atoms with E-state index >= 15 is 0 Å². The van der Waals surface area contributed by atoms with Crippen LogP contribution < -0.4 is 0 Å². The van der Waals surface area contributed by atoms with Gasteiger partial charge in [0.1, 0.15) is 0 Å². The van der Waals surface area contributed by atoms with Crippen molar-refractivity contribution in [2.75, 3.05) is 13.2 Å². The van der Waals surface area contributed by atoms with Crippen LogP contribution in [0.15, 0.2) is 35.9 Å². The van der Waals surface area contributed by atoms with Crippen molar-refractivity contribution in [3.8, 4) is 0 Å². The van der Waals surface area contributed by atoms with E-state index in [2.05, 4.69) is 37.3 Å². The van der Waals surface area contributed by atoms with E-state index in [4.69, 9.17) is 9.47 Å². The normalized spacial score (nSPS) is 31.7. The summed E-state index contributed by atoms with van der Waals surface area (Å²) < 4.78 is 11.8. The largest absolute Gasteiger partial charge is 0.347 e. The predicted molar refractivity (Wildman–Crippen MR) is 74.1 cm³/mol. The SMILES string of the molecule is CC12CCC3(CC1=CCc1ccccc12)OCCO3. The Morgan fingerprint density at radius 2 is 1.84 bits per heavy atom. The van der Waals surface area contributed by atoms with Gasteiger partial charge in [-0.15, -0.1) is 0 Å². The minimum absolute atomic E-state index is 0.190. The molecule has 1 aliphatic heterocycles. The highest BCUT2D eigenvalue weighted by molar-refractivity contribution is 5.47. The quantitative estimate of drug-likeness (QED) is 0.663. The first-order valence-electron chi connectivity index (χ1n) is 7.28. The standard InChI is InChI=1S/C17H20O2/c1-16-8-9-17(18-10-11-19-17)12-14(16)7-6-13-4-2-3-5-15(13)16/h2-5,7H,6,8-12H2,1H3. The Hall–Kier alpha value is -1.12. The first kappa shape index (κ1) is 11.7. The van der Waals surface area contributed by atoms with Gasteiger partial charge in [0.15, 0.2) is 5.79 Å². The van der Waals surface area contributed by atoms with Gasteiger partial charge in [-0.2, -0.15) is 0 Å². The second-order valence-electron chi connectivity index (χ2n) is 6.21. The van der Waals surface area contributed by atoms with Gasteiger partial charge in [0.2, 0.25) is 0 Å². The molecule has 2 fully saturated rings. The highest BCUT2D eigenvalue weighted by atomic mass is 16.7. The number of benzene rings is 1. The molecule has 100 valence electrons. The maximum Gasteiger partial charge on any atom is 0.172 e. The van der Waals surface area contributed by atoms with Crippen molar-refractivity contribution in [2.24, 2.45) is 0 Å². The fourth-order valence-electron chi connectivity index (χ4n) is 3.99. The first-order chi connectivity index (χ1) is 9.22. The van der Waals surface area contributed by atoms with Crippen molar-refractivity contribution in [3.63, 3.8) is 0 Å². The second kappa shape index (κ2) is 3.94. The van der Waals surface area contributed by atoms with Crippen molar-refractivity contribution >= 4 is 0 Å². The van der Waals surface area contributed by atoms with Gasteiger partial charge in [-0.05, 0) is 24.0 Å². The molecule has 1 saturated heterocycles. The van der Waals surface area contributed by atoms with Crippen LogP contribution in [0, 0.1) is 0 Å². The fourth-order valence-corrected chi connectivity index (χ4v) is 3.99. The van der Waals surface area contributed by atoms with Crippen LogP contribution >= 0.6 is 0 Å². The molecule has 1 aromatic carbocycles. The van der Waals surface area contributed by atoms with Gasteiger partial charge in [0, 0.05) is 18.3 Å². The fraction of sp³-hybridized carbons (Fsp3) is 0.529. The predicted octanol–water partition coefficient (Wildman–Crippen LogP) is 3.35. The van der Waals surface area contributed by atoms with Crippen molar-refractivity contribution in [1.29, 1.82) is 0 Å². The highest BCUT2D eigenvalue weighted by Gasteiger charge is 2.48. The third-order valence-electron chi connectivity index (χ3n) is 5.17. The maximum atomic E-state index is 5.90. The van der Waals surface area contributed by atoms with Gasteiger partial charge in [0.05, 0.1) is 13.2 Å². The van der Waals surface area contributed by atoms with Crippen LogP contribution in [-0.2, 0) is 21.3 Å². The van der Waals surface area contributed by atoms with E-state index in [1.807, 2.05) is 0 Å². The maximum absolute atomic E-state index is 5.90. The van der Waals surface area contributed by atoms with Crippen LogP contribution in [0.2, 0.25) is 0 Å². The smallest absolute Gasteiger partial charge is 0.172 e. The zero-order chi connectivity index (χ0) is 12.9. The molecule has 2 aliphatic carbocycles. The van der Waals surface area contributed by atoms with Crippen molar-refractivity contribution in [1.82, 2.24) is 0 Å². The molecule has 0 amide bonds. The molecule has 3 aliphatic rings. The Morgan fingerprint density at radius 1 is 1.05 bits per heavy atom. The van der Waals surface area contributed by atoms with Crippen LogP contribution in [0.5, 0.6) is 0 Å². The van der Waals surface area contributed by atoms with E-state index in [1.54, 1.807) is 0 Å². The molecular formula is C17H20O2. The molecule has 0 radical (unpaired) electrons. The van der Waals surface area contributed by atoms with E-state index in [0.29, 0.717) is 0 Å². The minimum Gasteiger partial charge on any atom is -0.347 e. The minimum atomic E-state index is -0.308. The monoisotopic (exact) mass is 256 g/mol. The Kier molecular flexibility index (Phi) is 2.42. The zero-order valence-corrected chi connectivity index (χ0v) is 11.4. The first-order valence-corrected chi connectivity index (χ1v) is 7.28. The lowest BCUT2D eigenvalue weighted by Crippen LogP contribution is -2.44. The molecule has 0 N–H and O–H groups in total. The number of rotatable bonds is 0. The lowest BCUT2D eigenvalue weighted by atomic mass is 9.62. The van der Waals surface area contributed by atoms with E-state index in [1.165, 1.54) is 16.7 Å². The summed E-state index contributed by atoms with van der Waals surface area (Å²) in [5.41, 5.74) is 4.70. The van der Waals surface area contributed by atoms with Crippen LogP contribution in [0.4, 0.5) is 0 Å². The third-order valence-corrected chi connectivity index (χ3v) is 5.17. The molecule has 0 aromatic heterocycles. The zero-order valence-electron chi connectivity index (χ0n) is 11.4. The summed E-state index contributed by atoms with van der Waals surface area (Å²) in [7, 11) is 0. The summed E-state index contributed by atoms with van der Waals surface area (Å²) in [6.45, 7) is 3.89. The number of hydrogen-bond donors (Lipinski definition) is 0. The summed E-state index contributed by atoms with van der Waals surface area (Å²) in [6.07, 6.45) is 6.54. The molecule has 0 bridgehead atoms. The summed E-state index contributed by atoms with van der Waals surface area (Å²) in [4.78, 5) is 0. The molecule has 19 heavy (non-hydrogen) atoms. The molecule has 1 spiro atoms. The molecule has 1 atom stereocenters. The van der Waals surface area contributed by atoms with Crippen LogP contribution in [0.1, 0.15) is 37.3 Å².